The largest absolute Gasteiger partial charge is 0.367 e. The molecule has 1 aromatic carbocycles. The van der Waals surface area contributed by atoms with Crippen molar-refractivity contribution in [2.45, 2.75) is 44.6 Å². The van der Waals surface area contributed by atoms with E-state index in [2.05, 4.69) is 29.0 Å². The standard InChI is InChI=1S/C19H26ClN3/c1-22-10-9-18(14-22)23(13-15-5-3-2-4-6-15)17-8-7-16(12-21)19(20)11-17/h7-8,11,15,18H,2-6,9-10,13-14H2,1H3. The zero-order chi connectivity index (χ0) is 16.2. The molecule has 0 amide bonds. The second kappa shape index (κ2) is 7.55. The molecule has 1 unspecified atom stereocenters. The number of rotatable bonds is 4. The van der Waals surface area contributed by atoms with Gasteiger partial charge in [0, 0.05) is 24.8 Å². The highest BCUT2D eigenvalue weighted by molar-refractivity contribution is 6.32. The number of nitriles is 1. The fourth-order valence-corrected chi connectivity index (χ4v) is 4.27. The zero-order valence-corrected chi connectivity index (χ0v) is 14.7. The minimum atomic E-state index is 0.561. The summed E-state index contributed by atoms with van der Waals surface area (Å²) in [6.45, 7) is 3.40. The van der Waals surface area contributed by atoms with E-state index in [1.807, 2.05) is 12.1 Å². The first-order chi connectivity index (χ1) is 11.2. The average molecular weight is 332 g/mol. The van der Waals surface area contributed by atoms with Crippen molar-refractivity contribution in [2.24, 2.45) is 5.92 Å². The van der Waals surface area contributed by atoms with Crippen LogP contribution in [0.3, 0.4) is 0 Å². The Balaban J connectivity index is 1.81. The van der Waals surface area contributed by atoms with Gasteiger partial charge in [-0.25, -0.2) is 0 Å². The summed E-state index contributed by atoms with van der Waals surface area (Å²) in [5, 5.41) is 9.67. The van der Waals surface area contributed by atoms with Gasteiger partial charge in [0.25, 0.3) is 0 Å². The number of likely N-dealkylation sites (tertiary alicyclic amines) is 1. The summed E-state index contributed by atoms with van der Waals surface area (Å²) in [7, 11) is 2.20. The molecule has 0 aromatic heterocycles. The van der Waals surface area contributed by atoms with Gasteiger partial charge in [-0.05, 0) is 57.0 Å². The highest BCUT2D eigenvalue weighted by Crippen LogP contribution is 2.31. The molecule has 2 fully saturated rings. The van der Waals surface area contributed by atoms with Gasteiger partial charge in [0.1, 0.15) is 6.07 Å². The van der Waals surface area contributed by atoms with Crippen molar-refractivity contribution in [1.29, 1.82) is 5.26 Å². The first kappa shape index (κ1) is 16.6. The molecule has 0 N–H and O–H groups in total. The second-order valence-corrected chi connectivity index (χ2v) is 7.54. The van der Waals surface area contributed by atoms with Crippen LogP contribution in [-0.4, -0.2) is 37.6 Å². The molecule has 4 heteroatoms. The third kappa shape index (κ3) is 4.00. The average Bonchev–Trinajstić information content (AvgIpc) is 3.00. The van der Waals surface area contributed by atoms with Gasteiger partial charge in [0.05, 0.1) is 10.6 Å². The normalized spacial score (nSPS) is 22.9. The predicted molar refractivity (Wildman–Crippen MR) is 96.0 cm³/mol. The lowest BCUT2D eigenvalue weighted by atomic mass is 9.88. The van der Waals surface area contributed by atoms with Crippen molar-refractivity contribution in [3.05, 3.63) is 28.8 Å². The van der Waals surface area contributed by atoms with Gasteiger partial charge in [-0.15, -0.1) is 0 Å². The van der Waals surface area contributed by atoms with Crippen LogP contribution in [-0.2, 0) is 0 Å². The fraction of sp³-hybridized carbons (Fsp3) is 0.632. The van der Waals surface area contributed by atoms with Gasteiger partial charge in [0.15, 0.2) is 0 Å². The van der Waals surface area contributed by atoms with Crippen LogP contribution in [0.5, 0.6) is 0 Å². The fourth-order valence-electron chi connectivity index (χ4n) is 4.05. The van der Waals surface area contributed by atoms with Crippen LogP contribution in [0.25, 0.3) is 0 Å². The van der Waals surface area contributed by atoms with E-state index < -0.39 is 0 Å². The van der Waals surface area contributed by atoms with Gasteiger partial charge < -0.3 is 9.80 Å². The monoisotopic (exact) mass is 331 g/mol. The first-order valence-electron chi connectivity index (χ1n) is 8.82. The van der Waals surface area contributed by atoms with E-state index in [9.17, 15) is 0 Å². The summed E-state index contributed by atoms with van der Waals surface area (Å²) in [6, 6.07) is 8.65. The Bertz CT molecular complexity index is 574. The Morgan fingerprint density at radius 3 is 2.65 bits per heavy atom. The number of hydrogen-bond acceptors (Lipinski definition) is 3. The van der Waals surface area contributed by atoms with E-state index in [-0.39, 0.29) is 0 Å². The zero-order valence-electron chi connectivity index (χ0n) is 14.0. The van der Waals surface area contributed by atoms with E-state index in [0.717, 1.165) is 25.6 Å². The molecule has 0 bridgehead atoms. The summed E-state index contributed by atoms with van der Waals surface area (Å²) in [5.41, 5.74) is 1.75. The van der Waals surface area contributed by atoms with Crippen LogP contribution in [0.2, 0.25) is 5.02 Å². The molecule has 1 aliphatic carbocycles. The summed E-state index contributed by atoms with van der Waals surface area (Å²) in [5.74, 6) is 0.795. The van der Waals surface area contributed by atoms with Crippen LogP contribution >= 0.6 is 11.6 Å². The summed E-state index contributed by atoms with van der Waals surface area (Å²) in [4.78, 5) is 4.97. The van der Waals surface area contributed by atoms with Crippen molar-refractivity contribution in [2.75, 3.05) is 31.6 Å². The van der Waals surface area contributed by atoms with Crippen LogP contribution in [0.15, 0.2) is 18.2 Å². The molecule has 1 atom stereocenters. The molecule has 0 radical (unpaired) electrons. The summed E-state index contributed by atoms with van der Waals surface area (Å²) >= 11 is 6.29. The summed E-state index contributed by atoms with van der Waals surface area (Å²) < 4.78 is 0. The van der Waals surface area contributed by atoms with Crippen LogP contribution in [0.1, 0.15) is 44.1 Å². The van der Waals surface area contributed by atoms with Gasteiger partial charge in [-0.2, -0.15) is 5.26 Å². The van der Waals surface area contributed by atoms with Gasteiger partial charge in [-0.3, -0.25) is 0 Å². The lowest BCUT2D eigenvalue weighted by Gasteiger charge is -2.36. The van der Waals surface area contributed by atoms with Crippen LogP contribution in [0.4, 0.5) is 5.69 Å². The van der Waals surface area contributed by atoms with E-state index in [4.69, 9.17) is 16.9 Å². The lowest BCUT2D eigenvalue weighted by molar-refractivity contribution is 0.345. The number of halogens is 1. The Hall–Kier alpha value is -1.24. The Morgan fingerprint density at radius 1 is 1.26 bits per heavy atom. The molecule has 124 valence electrons. The van der Waals surface area contributed by atoms with Gasteiger partial charge >= 0.3 is 0 Å². The number of nitrogens with zero attached hydrogens (tertiary/aromatic N) is 3. The maximum atomic E-state index is 9.10. The van der Waals surface area contributed by atoms with E-state index >= 15 is 0 Å². The highest BCUT2D eigenvalue weighted by Gasteiger charge is 2.28. The van der Waals surface area contributed by atoms with Crippen molar-refractivity contribution < 1.29 is 0 Å². The highest BCUT2D eigenvalue weighted by atomic mass is 35.5. The van der Waals surface area contributed by atoms with E-state index in [1.54, 1.807) is 0 Å². The van der Waals surface area contributed by atoms with Gasteiger partial charge in [0.2, 0.25) is 0 Å². The van der Waals surface area contributed by atoms with Crippen LogP contribution in [0, 0.1) is 17.2 Å². The van der Waals surface area contributed by atoms with E-state index in [1.165, 1.54) is 44.2 Å². The van der Waals surface area contributed by atoms with Crippen molar-refractivity contribution in [3.8, 4) is 6.07 Å². The molecule has 1 saturated heterocycles. The second-order valence-electron chi connectivity index (χ2n) is 7.14. The first-order valence-corrected chi connectivity index (χ1v) is 9.20. The smallest absolute Gasteiger partial charge is 0.101 e. The Kier molecular flexibility index (Phi) is 5.46. The maximum Gasteiger partial charge on any atom is 0.101 e. The van der Waals surface area contributed by atoms with Crippen LogP contribution < -0.4 is 4.90 Å². The molecule has 1 heterocycles. The van der Waals surface area contributed by atoms with Crippen molar-refractivity contribution in [3.63, 3.8) is 0 Å². The molecular weight excluding hydrogens is 306 g/mol. The molecule has 1 saturated carbocycles. The van der Waals surface area contributed by atoms with Gasteiger partial charge in [-0.1, -0.05) is 30.9 Å². The molecular formula is C19H26ClN3. The summed E-state index contributed by atoms with van der Waals surface area (Å²) in [6.07, 6.45) is 8.05. The van der Waals surface area contributed by atoms with Crippen molar-refractivity contribution in [1.82, 2.24) is 4.90 Å². The number of hydrogen-bond donors (Lipinski definition) is 0. The SMILES string of the molecule is CN1CCC(N(CC2CCCCC2)c2ccc(C#N)c(Cl)c2)C1. The minimum Gasteiger partial charge on any atom is -0.367 e. The lowest BCUT2D eigenvalue weighted by Crippen LogP contribution is -2.41. The molecule has 3 nitrogen and oxygen atoms in total. The maximum absolute atomic E-state index is 9.10. The predicted octanol–water partition coefficient (Wildman–Crippen LogP) is 4.30. The van der Waals surface area contributed by atoms with Crippen molar-refractivity contribution >= 4 is 17.3 Å². The molecule has 1 aliphatic heterocycles. The number of likely N-dealkylation sites (N-methyl/N-ethyl adjacent to an activating group) is 1. The minimum absolute atomic E-state index is 0.561. The Morgan fingerprint density at radius 2 is 2.04 bits per heavy atom. The van der Waals surface area contributed by atoms with E-state index in [0.29, 0.717) is 16.6 Å². The Labute approximate surface area is 144 Å². The number of anilines is 1. The third-order valence-corrected chi connectivity index (χ3v) is 5.70. The molecule has 23 heavy (non-hydrogen) atoms. The topological polar surface area (TPSA) is 30.3 Å². The molecule has 2 aliphatic rings. The molecule has 3 rings (SSSR count). The molecule has 1 aromatic rings. The quantitative estimate of drug-likeness (QED) is 0.824. The number of benzene rings is 1. The third-order valence-electron chi connectivity index (χ3n) is 5.39. The molecule has 0 spiro atoms.